The summed E-state index contributed by atoms with van der Waals surface area (Å²) in [4.78, 5) is 34.0. The van der Waals surface area contributed by atoms with Crippen LogP contribution in [0, 0.1) is 0 Å². The number of carbonyl (C=O) groups is 2. The van der Waals surface area contributed by atoms with Crippen molar-refractivity contribution in [1.29, 1.82) is 0 Å². The maximum Gasteiger partial charge on any atom is 0.343 e. The monoisotopic (exact) mass is 338 g/mol. The van der Waals surface area contributed by atoms with Crippen LogP contribution in [0.2, 0.25) is 0 Å². The number of hydrogen-bond donors (Lipinski definition) is 1. The third-order valence-electron chi connectivity index (χ3n) is 3.74. The summed E-state index contributed by atoms with van der Waals surface area (Å²) in [5, 5.41) is 0.383. The number of esters is 1. The Labute approximate surface area is 140 Å². The van der Waals surface area contributed by atoms with E-state index in [9.17, 15) is 9.59 Å². The van der Waals surface area contributed by atoms with Crippen LogP contribution >= 0.6 is 11.8 Å². The Kier molecular flexibility index (Phi) is 6.20. The normalized spacial score (nSPS) is 17.8. The largest absolute Gasteiger partial charge is 0.462 e. The molecule has 126 valence electrons. The lowest BCUT2D eigenvalue weighted by atomic mass is 10.0. The number of rotatable bonds is 5. The number of hydrogen-bond acceptors (Lipinski definition) is 7. The van der Waals surface area contributed by atoms with Crippen LogP contribution in [0.5, 0.6) is 0 Å². The number of ether oxygens (including phenoxy) is 1. The van der Waals surface area contributed by atoms with E-state index in [4.69, 9.17) is 10.5 Å². The van der Waals surface area contributed by atoms with E-state index in [1.165, 1.54) is 24.4 Å². The summed E-state index contributed by atoms with van der Waals surface area (Å²) in [6, 6.07) is 0.286. The number of nitrogens with zero attached hydrogens (tertiary/aromatic N) is 3. The second-order valence-electron chi connectivity index (χ2n) is 5.39. The van der Waals surface area contributed by atoms with Crippen molar-refractivity contribution in [3.8, 4) is 0 Å². The summed E-state index contributed by atoms with van der Waals surface area (Å²) in [6.45, 7) is 4.86. The summed E-state index contributed by atoms with van der Waals surface area (Å²) < 4.78 is 4.87. The van der Waals surface area contributed by atoms with E-state index in [0.29, 0.717) is 5.16 Å². The van der Waals surface area contributed by atoms with Crippen molar-refractivity contribution >= 4 is 29.5 Å². The fourth-order valence-electron chi connectivity index (χ4n) is 2.49. The molecule has 1 aliphatic rings. The molecule has 1 aromatic heterocycles. The number of amides is 1. The molecule has 0 aliphatic carbocycles. The second kappa shape index (κ2) is 8.14. The number of carbonyl (C=O) groups excluding carboxylic acids is 2. The highest BCUT2D eigenvalue weighted by molar-refractivity contribution is 7.99. The highest BCUT2D eigenvalue weighted by Crippen LogP contribution is 2.21. The Balaban J connectivity index is 1.94. The van der Waals surface area contributed by atoms with Crippen LogP contribution < -0.4 is 5.73 Å². The molecule has 0 radical (unpaired) electrons. The quantitative estimate of drug-likeness (QED) is 0.496. The Bertz CT molecular complexity index is 582. The Morgan fingerprint density at radius 1 is 1.48 bits per heavy atom. The zero-order chi connectivity index (χ0) is 16.8. The van der Waals surface area contributed by atoms with Crippen molar-refractivity contribution in [3.63, 3.8) is 0 Å². The van der Waals surface area contributed by atoms with Crippen LogP contribution in [-0.4, -0.2) is 51.7 Å². The average Bonchev–Trinajstić information content (AvgIpc) is 2.53. The van der Waals surface area contributed by atoms with Crippen molar-refractivity contribution in [3.05, 3.63) is 11.8 Å². The first-order valence-electron chi connectivity index (χ1n) is 7.74. The minimum absolute atomic E-state index is 0.0692. The lowest BCUT2D eigenvalue weighted by Crippen LogP contribution is -2.42. The molecule has 2 rings (SSSR count). The summed E-state index contributed by atoms with van der Waals surface area (Å²) in [5.74, 6) is -0.124. The van der Waals surface area contributed by atoms with Gasteiger partial charge in [0.1, 0.15) is 11.4 Å². The first-order chi connectivity index (χ1) is 11.0. The third-order valence-corrected chi connectivity index (χ3v) is 4.59. The molecule has 23 heavy (non-hydrogen) atoms. The number of aromatic nitrogens is 2. The third kappa shape index (κ3) is 4.57. The van der Waals surface area contributed by atoms with Gasteiger partial charge < -0.3 is 15.4 Å². The molecular weight excluding hydrogens is 316 g/mol. The van der Waals surface area contributed by atoms with Gasteiger partial charge in [0.15, 0.2) is 5.16 Å². The van der Waals surface area contributed by atoms with Gasteiger partial charge in [-0.25, -0.2) is 14.8 Å². The van der Waals surface area contributed by atoms with Gasteiger partial charge in [0.25, 0.3) is 0 Å². The van der Waals surface area contributed by atoms with Crippen LogP contribution in [0.4, 0.5) is 5.82 Å². The van der Waals surface area contributed by atoms with Crippen LogP contribution in [0.3, 0.4) is 0 Å². The molecule has 0 saturated carbocycles. The number of nitrogens with two attached hydrogens (primary N) is 1. The molecule has 7 nitrogen and oxygen atoms in total. The highest BCUT2D eigenvalue weighted by Gasteiger charge is 2.23. The Morgan fingerprint density at radius 2 is 2.26 bits per heavy atom. The summed E-state index contributed by atoms with van der Waals surface area (Å²) in [5.41, 5.74) is 5.91. The molecule has 8 heteroatoms. The summed E-state index contributed by atoms with van der Waals surface area (Å²) in [7, 11) is 0. The van der Waals surface area contributed by atoms with Crippen molar-refractivity contribution in [2.24, 2.45) is 0 Å². The second-order valence-corrected chi connectivity index (χ2v) is 6.34. The molecule has 2 N–H and O–H groups in total. The van der Waals surface area contributed by atoms with E-state index in [1.807, 2.05) is 4.90 Å². The van der Waals surface area contributed by atoms with E-state index in [2.05, 4.69) is 16.9 Å². The molecular formula is C15H22N4O3S. The molecule has 1 aliphatic heterocycles. The molecule has 0 unspecified atom stereocenters. The first-order valence-corrected chi connectivity index (χ1v) is 8.73. The molecule has 2 heterocycles. The number of likely N-dealkylation sites (tertiary alicyclic amines) is 1. The molecule has 0 aromatic carbocycles. The molecule has 0 bridgehead atoms. The van der Waals surface area contributed by atoms with Gasteiger partial charge >= 0.3 is 5.97 Å². The van der Waals surface area contributed by atoms with Crippen LogP contribution in [-0.2, 0) is 9.53 Å². The zero-order valence-electron chi connectivity index (χ0n) is 13.4. The predicted molar refractivity (Wildman–Crippen MR) is 88.2 cm³/mol. The van der Waals surface area contributed by atoms with Gasteiger partial charge in [0, 0.05) is 18.8 Å². The lowest BCUT2D eigenvalue weighted by Gasteiger charge is -2.33. The maximum atomic E-state index is 12.3. The first kappa shape index (κ1) is 17.5. The molecule has 0 spiro atoms. The van der Waals surface area contributed by atoms with Gasteiger partial charge in [-0.1, -0.05) is 11.8 Å². The minimum Gasteiger partial charge on any atom is -0.462 e. The van der Waals surface area contributed by atoms with E-state index in [-0.39, 0.29) is 35.7 Å². The minimum atomic E-state index is -0.542. The van der Waals surface area contributed by atoms with Crippen molar-refractivity contribution in [2.75, 3.05) is 24.6 Å². The standard InChI is InChI=1S/C15H22N4O3S/c1-3-22-14(21)11-8-17-15(18-13(11)16)23-9-12(20)19-7-5-4-6-10(19)2/h8,10H,3-7,9H2,1-2H3,(H2,16,17,18)/t10-/m1/s1. The van der Waals surface area contributed by atoms with E-state index >= 15 is 0 Å². The average molecular weight is 338 g/mol. The smallest absolute Gasteiger partial charge is 0.343 e. The summed E-state index contributed by atoms with van der Waals surface area (Å²) >= 11 is 1.23. The van der Waals surface area contributed by atoms with Crippen molar-refractivity contribution in [1.82, 2.24) is 14.9 Å². The van der Waals surface area contributed by atoms with Gasteiger partial charge in [-0.15, -0.1) is 0 Å². The van der Waals surface area contributed by atoms with Crippen molar-refractivity contribution in [2.45, 2.75) is 44.3 Å². The number of nitrogen functional groups attached to an aromatic ring is 1. The SMILES string of the molecule is CCOC(=O)c1cnc(SCC(=O)N2CCCC[C@H]2C)nc1N. The summed E-state index contributed by atoms with van der Waals surface area (Å²) in [6.07, 6.45) is 4.62. The number of piperidine rings is 1. The predicted octanol–water partition coefficient (Wildman–Crippen LogP) is 1.73. The highest BCUT2D eigenvalue weighted by atomic mass is 32.2. The Hall–Kier alpha value is -1.83. The van der Waals surface area contributed by atoms with Gasteiger partial charge in [-0.3, -0.25) is 4.79 Å². The van der Waals surface area contributed by atoms with Crippen molar-refractivity contribution < 1.29 is 14.3 Å². The van der Waals surface area contributed by atoms with Crippen LogP contribution in [0.15, 0.2) is 11.4 Å². The zero-order valence-corrected chi connectivity index (χ0v) is 14.3. The topological polar surface area (TPSA) is 98.4 Å². The molecule has 1 saturated heterocycles. The fraction of sp³-hybridized carbons (Fsp3) is 0.600. The number of thioether (sulfide) groups is 1. The van der Waals surface area contributed by atoms with E-state index < -0.39 is 5.97 Å². The van der Waals surface area contributed by atoms with Gasteiger partial charge in [-0.05, 0) is 33.1 Å². The van der Waals surface area contributed by atoms with Gasteiger partial charge in [-0.2, -0.15) is 0 Å². The molecule has 1 fully saturated rings. The number of anilines is 1. The van der Waals surface area contributed by atoms with E-state index in [0.717, 1.165) is 19.4 Å². The molecule has 1 amide bonds. The fourth-order valence-corrected chi connectivity index (χ4v) is 3.20. The van der Waals surface area contributed by atoms with Gasteiger partial charge in [0.05, 0.1) is 12.4 Å². The molecule has 1 atom stereocenters. The maximum absolute atomic E-state index is 12.3. The van der Waals surface area contributed by atoms with Crippen LogP contribution in [0.25, 0.3) is 0 Å². The van der Waals surface area contributed by atoms with E-state index in [1.54, 1.807) is 6.92 Å². The van der Waals surface area contributed by atoms with Gasteiger partial charge in [0.2, 0.25) is 5.91 Å². The van der Waals surface area contributed by atoms with Crippen LogP contribution in [0.1, 0.15) is 43.5 Å². The Morgan fingerprint density at radius 3 is 2.91 bits per heavy atom. The molecule has 1 aromatic rings. The lowest BCUT2D eigenvalue weighted by molar-refractivity contribution is -0.131.